The van der Waals surface area contributed by atoms with E-state index in [-0.39, 0.29) is 30.6 Å². The van der Waals surface area contributed by atoms with Gasteiger partial charge in [-0.05, 0) is 24.6 Å². The minimum Gasteiger partial charge on any atom is -0.507 e. The normalized spacial score (nSPS) is 10.1. The van der Waals surface area contributed by atoms with Crippen LogP contribution in [0.3, 0.4) is 0 Å². The van der Waals surface area contributed by atoms with Gasteiger partial charge in [-0.25, -0.2) is 4.39 Å². The highest BCUT2D eigenvalue weighted by molar-refractivity contribution is 5.98. The maximum atomic E-state index is 12.8. The quantitative estimate of drug-likeness (QED) is 0.752. The SMILES string of the molecule is O=C(O)CCCC(=O)c1cc(F)ccc1O. The number of Topliss-reactive ketones (excluding diaryl/α,β-unsaturated/α-hetero) is 1. The first-order valence-electron chi connectivity index (χ1n) is 4.74. The van der Waals surface area contributed by atoms with E-state index in [2.05, 4.69) is 0 Å². The molecular formula is C11H11FO4. The number of carboxylic acids is 1. The van der Waals surface area contributed by atoms with Crippen molar-refractivity contribution in [2.24, 2.45) is 0 Å². The second kappa shape index (κ2) is 5.25. The molecule has 0 fully saturated rings. The molecule has 16 heavy (non-hydrogen) atoms. The summed E-state index contributed by atoms with van der Waals surface area (Å²) in [5.74, 6) is -2.35. The van der Waals surface area contributed by atoms with Crippen LogP contribution in [-0.4, -0.2) is 22.0 Å². The van der Waals surface area contributed by atoms with E-state index in [0.29, 0.717) is 0 Å². The summed E-state index contributed by atoms with van der Waals surface area (Å²) in [4.78, 5) is 21.7. The van der Waals surface area contributed by atoms with Gasteiger partial charge in [0, 0.05) is 12.8 Å². The number of hydrogen-bond acceptors (Lipinski definition) is 3. The highest BCUT2D eigenvalue weighted by atomic mass is 19.1. The van der Waals surface area contributed by atoms with Crippen LogP contribution in [0.25, 0.3) is 0 Å². The molecule has 4 nitrogen and oxygen atoms in total. The molecule has 0 aliphatic carbocycles. The molecule has 0 unspecified atom stereocenters. The smallest absolute Gasteiger partial charge is 0.303 e. The Balaban J connectivity index is 2.65. The fourth-order valence-corrected chi connectivity index (χ4v) is 1.27. The second-order valence-corrected chi connectivity index (χ2v) is 3.33. The number of hydrogen-bond donors (Lipinski definition) is 2. The number of aromatic hydroxyl groups is 1. The van der Waals surface area contributed by atoms with Gasteiger partial charge in [0.2, 0.25) is 0 Å². The summed E-state index contributed by atoms with van der Waals surface area (Å²) in [7, 11) is 0. The lowest BCUT2D eigenvalue weighted by Gasteiger charge is -2.03. The van der Waals surface area contributed by atoms with Gasteiger partial charge in [0.15, 0.2) is 5.78 Å². The zero-order valence-corrected chi connectivity index (χ0v) is 8.44. The molecule has 5 heteroatoms. The summed E-state index contributed by atoms with van der Waals surface area (Å²) in [5, 5.41) is 17.7. The minimum absolute atomic E-state index is 0.0245. The second-order valence-electron chi connectivity index (χ2n) is 3.33. The van der Waals surface area contributed by atoms with Crippen molar-refractivity contribution < 1.29 is 24.2 Å². The Morgan fingerprint density at radius 2 is 1.94 bits per heavy atom. The zero-order chi connectivity index (χ0) is 12.1. The van der Waals surface area contributed by atoms with Crippen LogP contribution in [0.1, 0.15) is 29.6 Å². The molecule has 0 saturated heterocycles. The standard InChI is InChI=1S/C11H11FO4/c12-7-4-5-10(14)8(6-7)9(13)2-1-3-11(15)16/h4-6,14H,1-3H2,(H,15,16). The van der Waals surface area contributed by atoms with Gasteiger partial charge >= 0.3 is 5.97 Å². The third kappa shape index (κ3) is 3.34. The van der Waals surface area contributed by atoms with Crippen molar-refractivity contribution in [3.63, 3.8) is 0 Å². The number of halogens is 1. The molecule has 0 aliphatic heterocycles. The van der Waals surface area contributed by atoms with Gasteiger partial charge < -0.3 is 10.2 Å². The van der Waals surface area contributed by atoms with E-state index in [4.69, 9.17) is 5.11 Å². The number of aliphatic carboxylic acids is 1. The van der Waals surface area contributed by atoms with Crippen LogP contribution in [-0.2, 0) is 4.79 Å². The Bertz CT molecular complexity index is 414. The van der Waals surface area contributed by atoms with E-state index in [9.17, 15) is 19.1 Å². The van der Waals surface area contributed by atoms with E-state index >= 15 is 0 Å². The maximum Gasteiger partial charge on any atom is 0.303 e. The summed E-state index contributed by atoms with van der Waals surface area (Å²) in [6.07, 6.45) is 0.0231. The summed E-state index contributed by atoms with van der Waals surface area (Å²) in [5.41, 5.74) is -0.106. The van der Waals surface area contributed by atoms with Crippen LogP contribution >= 0.6 is 0 Å². The third-order valence-corrected chi connectivity index (χ3v) is 2.05. The van der Waals surface area contributed by atoms with Crippen molar-refractivity contribution in [1.29, 1.82) is 0 Å². The molecule has 0 bridgehead atoms. The average Bonchev–Trinajstić information content (AvgIpc) is 2.21. The molecule has 0 radical (unpaired) electrons. The molecular weight excluding hydrogens is 215 g/mol. The van der Waals surface area contributed by atoms with E-state index < -0.39 is 17.6 Å². The molecule has 0 spiro atoms. The monoisotopic (exact) mass is 226 g/mol. The van der Waals surface area contributed by atoms with Gasteiger partial charge in [-0.3, -0.25) is 9.59 Å². The Labute approximate surface area is 91.3 Å². The number of carbonyl (C=O) groups excluding carboxylic acids is 1. The van der Waals surface area contributed by atoms with Crippen molar-refractivity contribution in [3.05, 3.63) is 29.6 Å². The number of carboxylic acid groups (broad SMARTS) is 1. The summed E-state index contributed by atoms with van der Waals surface area (Å²) >= 11 is 0. The highest BCUT2D eigenvalue weighted by Crippen LogP contribution is 2.20. The van der Waals surface area contributed by atoms with Crippen LogP contribution in [0.2, 0.25) is 0 Å². The number of rotatable bonds is 5. The molecule has 2 N–H and O–H groups in total. The zero-order valence-electron chi connectivity index (χ0n) is 8.44. The van der Waals surface area contributed by atoms with E-state index in [0.717, 1.165) is 18.2 Å². The number of phenols is 1. The lowest BCUT2D eigenvalue weighted by Crippen LogP contribution is -2.02. The lowest BCUT2D eigenvalue weighted by atomic mass is 10.0. The van der Waals surface area contributed by atoms with Crippen LogP contribution in [0.5, 0.6) is 5.75 Å². The van der Waals surface area contributed by atoms with Crippen LogP contribution in [0, 0.1) is 5.82 Å². The average molecular weight is 226 g/mol. The molecule has 0 aliphatic rings. The Kier molecular flexibility index (Phi) is 3.99. The fourth-order valence-electron chi connectivity index (χ4n) is 1.27. The molecule has 1 aromatic rings. The van der Waals surface area contributed by atoms with Crippen molar-refractivity contribution in [2.45, 2.75) is 19.3 Å². The first kappa shape index (κ1) is 12.2. The molecule has 0 aromatic heterocycles. The largest absolute Gasteiger partial charge is 0.507 e. The van der Waals surface area contributed by atoms with Gasteiger partial charge in [0.05, 0.1) is 5.56 Å². The number of benzene rings is 1. The number of carbonyl (C=O) groups is 2. The molecule has 86 valence electrons. The molecule has 1 rings (SSSR count). The fraction of sp³-hybridized carbons (Fsp3) is 0.273. The third-order valence-electron chi connectivity index (χ3n) is 2.05. The van der Waals surface area contributed by atoms with Crippen molar-refractivity contribution in [3.8, 4) is 5.75 Å². The van der Waals surface area contributed by atoms with E-state index in [1.807, 2.05) is 0 Å². The predicted molar refractivity (Wildman–Crippen MR) is 53.9 cm³/mol. The molecule has 0 saturated carbocycles. The van der Waals surface area contributed by atoms with Crippen LogP contribution in [0.4, 0.5) is 4.39 Å². The topological polar surface area (TPSA) is 74.6 Å². The Morgan fingerprint density at radius 3 is 2.56 bits per heavy atom. The number of phenolic OH excluding ortho intramolecular Hbond substituents is 1. The Morgan fingerprint density at radius 1 is 1.25 bits per heavy atom. The first-order valence-corrected chi connectivity index (χ1v) is 4.74. The van der Waals surface area contributed by atoms with Crippen molar-refractivity contribution in [1.82, 2.24) is 0 Å². The van der Waals surface area contributed by atoms with Crippen molar-refractivity contribution >= 4 is 11.8 Å². The summed E-state index contributed by atoms with van der Waals surface area (Å²) in [6.45, 7) is 0. The van der Waals surface area contributed by atoms with E-state index in [1.54, 1.807) is 0 Å². The predicted octanol–water partition coefficient (Wildman–Crippen LogP) is 1.97. The molecule has 0 amide bonds. The van der Waals surface area contributed by atoms with Gasteiger partial charge in [-0.1, -0.05) is 0 Å². The highest BCUT2D eigenvalue weighted by Gasteiger charge is 2.12. The molecule has 0 atom stereocenters. The van der Waals surface area contributed by atoms with Gasteiger partial charge in [0.1, 0.15) is 11.6 Å². The summed E-state index contributed by atoms with van der Waals surface area (Å²) in [6, 6.07) is 3.08. The van der Waals surface area contributed by atoms with Crippen molar-refractivity contribution in [2.75, 3.05) is 0 Å². The summed E-state index contributed by atoms with van der Waals surface area (Å²) < 4.78 is 12.8. The van der Waals surface area contributed by atoms with Gasteiger partial charge in [0.25, 0.3) is 0 Å². The van der Waals surface area contributed by atoms with E-state index in [1.165, 1.54) is 0 Å². The first-order chi connectivity index (χ1) is 7.50. The van der Waals surface area contributed by atoms with Gasteiger partial charge in [-0.15, -0.1) is 0 Å². The van der Waals surface area contributed by atoms with Crippen LogP contribution < -0.4 is 0 Å². The molecule has 1 aromatic carbocycles. The van der Waals surface area contributed by atoms with Gasteiger partial charge in [-0.2, -0.15) is 0 Å². The lowest BCUT2D eigenvalue weighted by molar-refractivity contribution is -0.137. The number of ketones is 1. The maximum absolute atomic E-state index is 12.8. The minimum atomic E-state index is -0.990. The Hall–Kier alpha value is -1.91. The molecule has 0 heterocycles. The van der Waals surface area contributed by atoms with Crippen LogP contribution in [0.15, 0.2) is 18.2 Å².